The topological polar surface area (TPSA) is 120 Å². The van der Waals surface area contributed by atoms with E-state index in [2.05, 4.69) is 4.99 Å². The summed E-state index contributed by atoms with van der Waals surface area (Å²) >= 11 is 1.17. The van der Waals surface area contributed by atoms with Crippen LogP contribution in [-0.4, -0.2) is 45.2 Å². The van der Waals surface area contributed by atoms with Gasteiger partial charge in [0.1, 0.15) is 11.5 Å². The van der Waals surface area contributed by atoms with E-state index in [1.165, 1.54) is 34.9 Å². The van der Waals surface area contributed by atoms with Gasteiger partial charge in [0.15, 0.2) is 5.17 Å². The highest BCUT2D eigenvalue weighted by Crippen LogP contribution is 2.35. The van der Waals surface area contributed by atoms with E-state index in [0.29, 0.717) is 27.3 Å². The van der Waals surface area contributed by atoms with Crippen molar-refractivity contribution in [1.82, 2.24) is 4.90 Å². The molecule has 1 amide bonds. The average Bonchev–Trinajstić information content (AvgIpc) is 3.35. The van der Waals surface area contributed by atoms with Crippen LogP contribution in [0, 0.1) is 13.8 Å². The third kappa shape index (κ3) is 4.51. The second-order valence-corrected chi connectivity index (χ2v) is 8.72. The summed E-state index contributed by atoms with van der Waals surface area (Å²) in [4.78, 5) is 41.5. The van der Waals surface area contributed by atoms with Crippen molar-refractivity contribution in [1.29, 1.82) is 0 Å². The number of furan rings is 1. The number of thioether (sulfide) groups is 1. The van der Waals surface area contributed by atoms with Crippen molar-refractivity contribution >= 4 is 46.5 Å². The smallest absolute Gasteiger partial charge is 0.335 e. The lowest BCUT2D eigenvalue weighted by atomic mass is 10.0. The molecule has 1 aromatic heterocycles. The predicted octanol–water partition coefficient (Wildman–Crippen LogP) is 5.19. The van der Waals surface area contributed by atoms with Gasteiger partial charge in [-0.05, 0) is 73.1 Å². The number of rotatable bonds is 5. The molecule has 0 spiro atoms. The van der Waals surface area contributed by atoms with Gasteiger partial charge in [-0.15, -0.1) is 0 Å². The number of aryl methyl sites for hydroxylation is 2. The van der Waals surface area contributed by atoms with Crippen LogP contribution in [0.15, 0.2) is 62.8 Å². The zero-order chi connectivity index (χ0) is 24.6. The van der Waals surface area contributed by atoms with Crippen molar-refractivity contribution in [3.8, 4) is 11.3 Å². The summed E-state index contributed by atoms with van der Waals surface area (Å²) in [6, 6.07) is 12.9. The Morgan fingerprint density at radius 3 is 2.32 bits per heavy atom. The summed E-state index contributed by atoms with van der Waals surface area (Å²) in [7, 11) is 1.60. The number of carbonyl (C=O) groups is 3. The van der Waals surface area contributed by atoms with Crippen LogP contribution in [0.5, 0.6) is 0 Å². The summed E-state index contributed by atoms with van der Waals surface area (Å²) in [5.74, 6) is -1.28. The van der Waals surface area contributed by atoms with Crippen molar-refractivity contribution < 1.29 is 29.0 Å². The van der Waals surface area contributed by atoms with Gasteiger partial charge < -0.3 is 14.6 Å². The van der Waals surface area contributed by atoms with Gasteiger partial charge in [-0.1, -0.05) is 12.1 Å². The molecular formula is C25H20N2O6S. The Labute approximate surface area is 199 Å². The maximum Gasteiger partial charge on any atom is 0.335 e. The number of hydrogen-bond donors (Lipinski definition) is 2. The standard InChI is InChI=1S/C25H20N2O6S/c1-13-4-5-16(24(31)32)11-19(13)26-25-27(3)22(28)21(34-25)12-17-7-9-20(33-17)18-8-6-15(23(29)30)10-14(18)2/h4-12H,1-3H3,(H,29,30)(H,31,32)/b21-12-,26-25?. The molecule has 1 aliphatic heterocycles. The Balaban J connectivity index is 1.61. The van der Waals surface area contributed by atoms with Crippen LogP contribution in [0.3, 0.4) is 0 Å². The Hall–Kier alpha value is -4.11. The summed E-state index contributed by atoms with van der Waals surface area (Å²) in [5.41, 5.74) is 3.09. The molecule has 0 atom stereocenters. The molecule has 4 rings (SSSR count). The molecule has 1 saturated heterocycles. The molecule has 2 aromatic carbocycles. The highest BCUT2D eigenvalue weighted by atomic mass is 32.2. The van der Waals surface area contributed by atoms with E-state index >= 15 is 0 Å². The SMILES string of the molecule is Cc1ccc(C(=O)O)cc1N=C1S/C(=C\c2ccc(-c3ccc(C(=O)O)cc3C)o2)C(=O)N1C. The average molecular weight is 477 g/mol. The second-order valence-electron chi connectivity index (χ2n) is 7.71. The molecular weight excluding hydrogens is 456 g/mol. The first-order chi connectivity index (χ1) is 16.1. The predicted molar refractivity (Wildman–Crippen MR) is 129 cm³/mol. The lowest BCUT2D eigenvalue weighted by molar-refractivity contribution is -0.121. The third-order valence-electron chi connectivity index (χ3n) is 5.31. The third-order valence-corrected chi connectivity index (χ3v) is 6.37. The monoisotopic (exact) mass is 476 g/mol. The molecule has 8 nitrogen and oxygen atoms in total. The van der Waals surface area contributed by atoms with Gasteiger partial charge in [-0.2, -0.15) is 0 Å². The molecule has 34 heavy (non-hydrogen) atoms. The molecule has 0 saturated carbocycles. The van der Waals surface area contributed by atoms with Crippen LogP contribution in [0.4, 0.5) is 5.69 Å². The Morgan fingerprint density at radius 1 is 0.971 bits per heavy atom. The van der Waals surface area contributed by atoms with Gasteiger partial charge in [-0.3, -0.25) is 9.69 Å². The molecule has 0 unspecified atom stereocenters. The number of likely N-dealkylation sites (N-methyl/N-ethyl adjacent to an activating group) is 1. The fourth-order valence-corrected chi connectivity index (χ4v) is 4.35. The van der Waals surface area contributed by atoms with E-state index in [4.69, 9.17) is 9.52 Å². The maximum absolute atomic E-state index is 12.8. The molecule has 1 fully saturated rings. The van der Waals surface area contributed by atoms with Crippen LogP contribution >= 0.6 is 11.8 Å². The van der Waals surface area contributed by atoms with E-state index in [-0.39, 0.29) is 17.0 Å². The minimum Gasteiger partial charge on any atom is -0.478 e. The fourth-order valence-electron chi connectivity index (χ4n) is 3.40. The minimum atomic E-state index is -1.05. The summed E-state index contributed by atoms with van der Waals surface area (Å²) in [6.45, 7) is 3.62. The van der Waals surface area contributed by atoms with Crippen molar-refractivity contribution in [2.24, 2.45) is 4.99 Å². The Morgan fingerprint density at radius 2 is 1.65 bits per heavy atom. The molecule has 3 aromatic rings. The van der Waals surface area contributed by atoms with Gasteiger partial charge in [-0.25, -0.2) is 14.6 Å². The molecule has 0 aliphatic carbocycles. The summed E-state index contributed by atoms with van der Waals surface area (Å²) in [6.07, 6.45) is 1.62. The Bertz CT molecular complexity index is 1400. The van der Waals surface area contributed by atoms with Gasteiger partial charge in [0, 0.05) is 18.7 Å². The van der Waals surface area contributed by atoms with Crippen LogP contribution in [-0.2, 0) is 4.79 Å². The van der Waals surface area contributed by atoms with Gasteiger partial charge in [0.2, 0.25) is 0 Å². The highest BCUT2D eigenvalue weighted by Gasteiger charge is 2.31. The van der Waals surface area contributed by atoms with E-state index < -0.39 is 11.9 Å². The quantitative estimate of drug-likeness (QED) is 0.486. The first-order valence-electron chi connectivity index (χ1n) is 10.2. The van der Waals surface area contributed by atoms with Crippen molar-refractivity contribution in [3.05, 3.63) is 81.5 Å². The second kappa shape index (κ2) is 9.03. The van der Waals surface area contributed by atoms with Crippen molar-refractivity contribution in [2.45, 2.75) is 13.8 Å². The summed E-state index contributed by atoms with van der Waals surface area (Å²) < 4.78 is 5.90. The van der Waals surface area contributed by atoms with E-state index in [9.17, 15) is 19.5 Å². The molecule has 172 valence electrons. The lowest BCUT2D eigenvalue weighted by Gasteiger charge is -2.08. The molecule has 0 radical (unpaired) electrons. The number of carboxylic acid groups (broad SMARTS) is 2. The number of amides is 1. The van der Waals surface area contributed by atoms with Crippen LogP contribution in [0.25, 0.3) is 17.4 Å². The highest BCUT2D eigenvalue weighted by molar-refractivity contribution is 8.18. The van der Waals surface area contributed by atoms with Crippen LogP contribution < -0.4 is 0 Å². The number of nitrogens with zero attached hydrogens (tertiary/aromatic N) is 2. The molecule has 0 bridgehead atoms. The number of benzene rings is 2. The van der Waals surface area contributed by atoms with Crippen molar-refractivity contribution in [2.75, 3.05) is 7.05 Å². The van der Waals surface area contributed by atoms with E-state index in [1.54, 1.807) is 50.4 Å². The molecule has 1 aliphatic rings. The van der Waals surface area contributed by atoms with Crippen molar-refractivity contribution in [3.63, 3.8) is 0 Å². The largest absolute Gasteiger partial charge is 0.478 e. The number of carboxylic acids is 2. The number of aromatic carboxylic acids is 2. The first kappa shape index (κ1) is 23.1. The molecule has 2 heterocycles. The van der Waals surface area contributed by atoms with E-state index in [1.807, 2.05) is 6.92 Å². The van der Waals surface area contributed by atoms with Crippen LogP contribution in [0.2, 0.25) is 0 Å². The zero-order valence-electron chi connectivity index (χ0n) is 18.5. The van der Waals surface area contributed by atoms with Gasteiger partial charge >= 0.3 is 11.9 Å². The zero-order valence-corrected chi connectivity index (χ0v) is 19.3. The van der Waals surface area contributed by atoms with Gasteiger partial charge in [0.05, 0.1) is 21.7 Å². The fraction of sp³-hybridized carbons (Fsp3) is 0.120. The van der Waals surface area contributed by atoms with E-state index in [0.717, 1.165) is 16.7 Å². The molecule has 9 heteroatoms. The number of aliphatic imine (C=N–C) groups is 1. The Kier molecular flexibility index (Phi) is 6.12. The summed E-state index contributed by atoms with van der Waals surface area (Å²) in [5, 5.41) is 18.8. The van der Waals surface area contributed by atoms with Crippen LogP contribution in [0.1, 0.15) is 37.6 Å². The molecule has 2 N–H and O–H groups in total. The van der Waals surface area contributed by atoms with Gasteiger partial charge in [0.25, 0.3) is 5.91 Å². The number of carbonyl (C=O) groups excluding carboxylic acids is 1. The lowest BCUT2D eigenvalue weighted by Crippen LogP contribution is -2.23. The maximum atomic E-state index is 12.8. The number of hydrogen-bond acceptors (Lipinski definition) is 6. The normalized spacial score (nSPS) is 16.0. The first-order valence-corrected chi connectivity index (χ1v) is 11.0. The number of amidine groups is 1. The minimum absolute atomic E-state index is 0.118.